The third kappa shape index (κ3) is 5.34. The Morgan fingerprint density at radius 1 is 1.35 bits per heavy atom. The number of nitrogens with zero attached hydrogens (tertiary/aromatic N) is 1. The van der Waals surface area contributed by atoms with Crippen LogP contribution >= 0.6 is 15.9 Å². The van der Waals surface area contributed by atoms with Crippen molar-refractivity contribution in [3.63, 3.8) is 0 Å². The third-order valence-corrected chi connectivity index (χ3v) is 4.21. The minimum absolute atomic E-state index is 0.328. The molecule has 0 bridgehead atoms. The molecule has 2 rings (SSSR count). The highest BCUT2D eigenvalue weighted by Crippen LogP contribution is 2.39. The monoisotopic (exact) mass is 380 g/mol. The molecule has 0 fully saturated rings. The maximum atomic E-state index is 12.1. The van der Waals surface area contributed by atoms with Gasteiger partial charge >= 0.3 is 6.09 Å². The summed E-state index contributed by atoms with van der Waals surface area (Å²) in [6.45, 7) is 10.1. The Labute approximate surface area is 146 Å². The van der Waals surface area contributed by atoms with Gasteiger partial charge in [-0.1, -0.05) is 19.9 Å². The molecule has 1 aliphatic carbocycles. The molecule has 1 aromatic rings. The molecule has 0 atom stereocenters. The van der Waals surface area contributed by atoms with E-state index in [1.807, 2.05) is 32.9 Å². The zero-order chi connectivity index (χ0) is 17.3. The van der Waals surface area contributed by atoms with E-state index in [1.165, 1.54) is 5.57 Å². The number of pyridine rings is 1. The number of aromatic nitrogens is 1. The third-order valence-electron chi connectivity index (χ3n) is 3.77. The summed E-state index contributed by atoms with van der Waals surface area (Å²) >= 11 is 3.42. The van der Waals surface area contributed by atoms with E-state index in [0.29, 0.717) is 11.1 Å². The number of amides is 1. The number of ether oxygens (including phenoxy) is 1. The van der Waals surface area contributed by atoms with Gasteiger partial charge in [0, 0.05) is 0 Å². The maximum Gasteiger partial charge on any atom is 0.412 e. The fourth-order valence-corrected chi connectivity index (χ4v) is 2.80. The first kappa shape index (κ1) is 18.0. The number of allylic oxidation sites excluding steroid dienone is 2. The van der Waals surface area contributed by atoms with E-state index in [0.717, 1.165) is 29.6 Å². The van der Waals surface area contributed by atoms with Crippen LogP contribution in [-0.2, 0) is 4.74 Å². The molecule has 1 aromatic heterocycles. The summed E-state index contributed by atoms with van der Waals surface area (Å²) in [6.07, 6.45) is 4.86. The summed E-state index contributed by atoms with van der Waals surface area (Å²) in [4.78, 5) is 16.6. The SMILES string of the molecule is CC1(C)CC=C(c2nc(Br)ccc2NC(=O)OC(C)(C)C)CC1. The van der Waals surface area contributed by atoms with Gasteiger partial charge in [0.1, 0.15) is 10.2 Å². The second kappa shape index (κ2) is 6.63. The second-order valence-corrected chi connectivity index (χ2v) is 8.57. The molecule has 126 valence electrons. The molecule has 0 spiro atoms. The fourth-order valence-electron chi connectivity index (χ4n) is 2.49. The van der Waals surface area contributed by atoms with Gasteiger partial charge in [-0.3, -0.25) is 5.32 Å². The van der Waals surface area contributed by atoms with Crippen molar-refractivity contribution >= 4 is 33.3 Å². The smallest absolute Gasteiger partial charge is 0.412 e. The molecule has 0 radical (unpaired) electrons. The summed E-state index contributed by atoms with van der Waals surface area (Å²) in [5.74, 6) is 0. The van der Waals surface area contributed by atoms with Gasteiger partial charge in [0.15, 0.2) is 0 Å². The topological polar surface area (TPSA) is 51.2 Å². The largest absolute Gasteiger partial charge is 0.444 e. The van der Waals surface area contributed by atoms with E-state index in [9.17, 15) is 4.79 Å². The van der Waals surface area contributed by atoms with Crippen molar-refractivity contribution in [1.29, 1.82) is 0 Å². The number of halogens is 1. The molecule has 5 heteroatoms. The maximum absolute atomic E-state index is 12.1. The van der Waals surface area contributed by atoms with Crippen molar-refractivity contribution in [3.8, 4) is 0 Å². The normalized spacial score (nSPS) is 17.4. The van der Waals surface area contributed by atoms with Crippen molar-refractivity contribution < 1.29 is 9.53 Å². The van der Waals surface area contributed by atoms with Crippen LogP contribution in [0.2, 0.25) is 0 Å². The van der Waals surface area contributed by atoms with Crippen LogP contribution in [0.4, 0.5) is 10.5 Å². The highest BCUT2D eigenvalue weighted by atomic mass is 79.9. The average Bonchev–Trinajstić information content (AvgIpc) is 2.39. The van der Waals surface area contributed by atoms with E-state index in [-0.39, 0.29) is 0 Å². The molecule has 0 aromatic carbocycles. The Hall–Kier alpha value is -1.36. The van der Waals surface area contributed by atoms with Gasteiger partial charge in [0.25, 0.3) is 0 Å². The van der Waals surface area contributed by atoms with Crippen molar-refractivity contribution in [2.45, 2.75) is 59.5 Å². The first-order chi connectivity index (χ1) is 10.6. The zero-order valence-electron chi connectivity index (χ0n) is 14.5. The summed E-state index contributed by atoms with van der Waals surface area (Å²) in [5, 5.41) is 2.83. The number of anilines is 1. The van der Waals surface area contributed by atoms with Crippen molar-refractivity contribution in [3.05, 3.63) is 28.5 Å². The van der Waals surface area contributed by atoms with Gasteiger partial charge in [-0.15, -0.1) is 0 Å². The summed E-state index contributed by atoms with van der Waals surface area (Å²) in [5.41, 5.74) is 2.49. The van der Waals surface area contributed by atoms with E-state index in [1.54, 1.807) is 0 Å². The molecule has 0 saturated heterocycles. The number of rotatable bonds is 2. The molecule has 1 N–H and O–H groups in total. The van der Waals surface area contributed by atoms with Crippen molar-refractivity contribution in [2.24, 2.45) is 5.41 Å². The van der Waals surface area contributed by atoms with Crippen molar-refractivity contribution in [2.75, 3.05) is 5.32 Å². The molecule has 1 amide bonds. The number of carbonyl (C=O) groups is 1. The Bertz CT molecular complexity index is 630. The van der Waals surface area contributed by atoms with Gasteiger partial charge in [0.2, 0.25) is 0 Å². The summed E-state index contributed by atoms with van der Waals surface area (Å²) in [6, 6.07) is 3.68. The lowest BCUT2D eigenvalue weighted by molar-refractivity contribution is 0.0636. The molecule has 0 saturated carbocycles. The minimum atomic E-state index is -0.527. The van der Waals surface area contributed by atoms with Crippen LogP contribution in [0.3, 0.4) is 0 Å². The van der Waals surface area contributed by atoms with Gasteiger partial charge < -0.3 is 4.74 Å². The minimum Gasteiger partial charge on any atom is -0.444 e. The molecule has 0 aliphatic heterocycles. The van der Waals surface area contributed by atoms with Gasteiger partial charge in [0.05, 0.1) is 11.4 Å². The molecule has 4 nitrogen and oxygen atoms in total. The molecule has 23 heavy (non-hydrogen) atoms. The first-order valence-electron chi connectivity index (χ1n) is 7.92. The molecule has 0 unspecified atom stereocenters. The quantitative estimate of drug-likeness (QED) is 0.660. The lowest BCUT2D eigenvalue weighted by atomic mass is 9.77. The van der Waals surface area contributed by atoms with Crippen LogP contribution in [0.1, 0.15) is 59.6 Å². The van der Waals surface area contributed by atoms with Crippen LogP contribution < -0.4 is 5.32 Å². The fraction of sp³-hybridized carbons (Fsp3) is 0.556. The van der Waals surface area contributed by atoms with Gasteiger partial charge in [-0.05, 0) is 79.1 Å². The van der Waals surface area contributed by atoms with Crippen LogP contribution in [0.25, 0.3) is 5.57 Å². The second-order valence-electron chi connectivity index (χ2n) is 7.75. The van der Waals surface area contributed by atoms with Crippen LogP contribution in [0, 0.1) is 5.41 Å². The lowest BCUT2D eigenvalue weighted by Gasteiger charge is -2.29. The van der Waals surface area contributed by atoms with E-state index in [4.69, 9.17) is 4.74 Å². The van der Waals surface area contributed by atoms with E-state index < -0.39 is 11.7 Å². The van der Waals surface area contributed by atoms with E-state index in [2.05, 4.69) is 46.2 Å². The highest BCUT2D eigenvalue weighted by Gasteiger charge is 2.24. The summed E-state index contributed by atoms with van der Waals surface area (Å²) < 4.78 is 6.10. The molecular formula is C18H25BrN2O2. The number of hydrogen-bond acceptors (Lipinski definition) is 3. The van der Waals surface area contributed by atoms with Crippen molar-refractivity contribution in [1.82, 2.24) is 4.98 Å². The van der Waals surface area contributed by atoms with Gasteiger partial charge in [-0.2, -0.15) is 0 Å². The number of hydrogen-bond donors (Lipinski definition) is 1. The molecular weight excluding hydrogens is 356 g/mol. The Kier molecular flexibility index (Phi) is 5.19. The highest BCUT2D eigenvalue weighted by molar-refractivity contribution is 9.10. The summed E-state index contributed by atoms with van der Waals surface area (Å²) in [7, 11) is 0. The standard InChI is InChI=1S/C18H25BrN2O2/c1-17(2,3)23-16(22)20-13-6-7-14(19)21-15(13)12-8-10-18(4,5)11-9-12/h6-8H,9-11H2,1-5H3,(H,20,22). The Balaban J connectivity index is 2.25. The predicted molar refractivity (Wildman–Crippen MR) is 97.4 cm³/mol. The first-order valence-corrected chi connectivity index (χ1v) is 8.71. The Morgan fingerprint density at radius 2 is 2.04 bits per heavy atom. The van der Waals surface area contributed by atoms with E-state index >= 15 is 0 Å². The zero-order valence-corrected chi connectivity index (χ0v) is 16.1. The molecule has 1 heterocycles. The Morgan fingerprint density at radius 3 is 2.61 bits per heavy atom. The van der Waals surface area contributed by atoms with Crippen LogP contribution in [-0.4, -0.2) is 16.7 Å². The predicted octanol–water partition coefficient (Wildman–Crippen LogP) is 5.78. The number of nitrogens with one attached hydrogen (secondary N) is 1. The average molecular weight is 381 g/mol. The molecule has 1 aliphatic rings. The van der Waals surface area contributed by atoms with Crippen LogP contribution in [0.5, 0.6) is 0 Å². The lowest BCUT2D eigenvalue weighted by Crippen LogP contribution is -2.27. The van der Waals surface area contributed by atoms with Gasteiger partial charge in [-0.25, -0.2) is 9.78 Å². The number of carbonyl (C=O) groups excluding carboxylic acids is 1. The van der Waals surface area contributed by atoms with Crippen LogP contribution in [0.15, 0.2) is 22.8 Å².